The highest BCUT2D eigenvalue weighted by Gasteiger charge is 2.12. The highest BCUT2D eigenvalue weighted by atomic mass is 127. The largest absolute Gasteiger partial charge is 0.355 e. The van der Waals surface area contributed by atoms with Crippen molar-refractivity contribution in [2.45, 2.75) is 104 Å². The number of carbonyl (C=O) groups is 2. The number of carbonyl (C=O) groups excluding carboxylic acids is 2. The molecule has 6 nitrogen and oxygen atoms in total. The number of amides is 2. The van der Waals surface area contributed by atoms with E-state index in [1.807, 2.05) is 22.0 Å². The van der Waals surface area contributed by atoms with Crippen molar-refractivity contribution >= 4 is 57.0 Å². The van der Waals surface area contributed by atoms with Crippen molar-refractivity contribution < 1.29 is 9.59 Å². The van der Waals surface area contributed by atoms with Gasteiger partial charge in [0.15, 0.2) is 0 Å². The SMILES string of the molecule is CC(C)N(CCNC(=O)CCCCCCCCC(=O)NCCN(Cc1ccccc1)C(C)C)Cc1ccccc1.CI.CI. The van der Waals surface area contributed by atoms with Crippen molar-refractivity contribution in [1.82, 2.24) is 20.4 Å². The molecule has 0 bridgehead atoms. The molecule has 0 aromatic heterocycles. The molecular formula is C36H60I2N4O2. The van der Waals surface area contributed by atoms with Crippen LogP contribution in [0.3, 0.4) is 0 Å². The van der Waals surface area contributed by atoms with Crippen LogP contribution in [0.1, 0.15) is 90.2 Å². The van der Waals surface area contributed by atoms with E-state index in [4.69, 9.17) is 0 Å². The van der Waals surface area contributed by atoms with E-state index in [2.05, 4.69) is 142 Å². The van der Waals surface area contributed by atoms with Crippen LogP contribution in [0, 0.1) is 0 Å². The Balaban J connectivity index is 0.00000443. The van der Waals surface area contributed by atoms with Crippen LogP contribution in [0.4, 0.5) is 0 Å². The molecule has 8 heteroatoms. The summed E-state index contributed by atoms with van der Waals surface area (Å²) in [6.45, 7) is 13.7. The maximum atomic E-state index is 12.2. The van der Waals surface area contributed by atoms with E-state index in [1.54, 1.807) is 0 Å². The van der Waals surface area contributed by atoms with Crippen molar-refractivity contribution in [2.24, 2.45) is 0 Å². The van der Waals surface area contributed by atoms with Gasteiger partial charge in [-0.1, -0.05) is 132 Å². The molecule has 0 saturated heterocycles. The topological polar surface area (TPSA) is 64.7 Å². The van der Waals surface area contributed by atoms with Gasteiger partial charge in [-0.25, -0.2) is 0 Å². The van der Waals surface area contributed by atoms with E-state index in [0.717, 1.165) is 64.7 Å². The lowest BCUT2D eigenvalue weighted by Crippen LogP contribution is -2.38. The molecule has 0 spiro atoms. The van der Waals surface area contributed by atoms with Crippen LogP contribution in [-0.4, -0.2) is 69.7 Å². The average molecular weight is 835 g/mol. The Bertz CT molecular complexity index is 868. The Morgan fingerprint density at radius 3 is 1.20 bits per heavy atom. The Labute approximate surface area is 297 Å². The number of nitrogens with zero attached hydrogens (tertiary/aromatic N) is 2. The van der Waals surface area contributed by atoms with Gasteiger partial charge in [-0.05, 0) is 61.5 Å². The van der Waals surface area contributed by atoms with Crippen molar-refractivity contribution in [3.8, 4) is 0 Å². The van der Waals surface area contributed by atoms with E-state index in [0.29, 0.717) is 38.0 Å². The fraction of sp³-hybridized carbons (Fsp3) is 0.611. The molecule has 0 atom stereocenters. The molecule has 0 heterocycles. The summed E-state index contributed by atoms with van der Waals surface area (Å²) in [7, 11) is 0. The number of unbranched alkanes of at least 4 members (excludes halogenated alkanes) is 5. The van der Waals surface area contributed by atoms with E-state index in [9.17, 15) is 9.59 Å². The van der Waals surface area contributed by atoms with Gasteiger partial charge < -0.3 is 10.6 Å². The third-order valence-corrected chi connectivity index (χ3v) is 7.42. The molecular weight excluding hydrogens is 774 g/mol. The minimum atomic E-state index is 0.153. The van der Waals surface area contributed by atoms with Crippen molar-refractivity contribution in [3.63, 3.8) is 0 Å². The number of hydrogen-bond donors (Lipinski definition) is 2. The number of benzene rings is 2. The van der Waals surface area contributed by atoms with E-state index in [-0.39, 0.29) is 11.8 Å². The van der Waals surface area contributed by atoms with Crippen LogP contribution in [0.2, 0.25) is 0 Å². The van der Waals surface area contributed by atoms with Crippen LogP contribution < -0.4 is 10.6 Å². The standard InChI is InChI=1S/C34H54N4O2.2CH3I/c1-29(2)37(27-31-17-11-9-12-18-31)25-23-35-33(39)21-15-7-5-6-8-16-22-34(40)36-24-26-38(30(3)4)28-32-19-13-10-14-20-32;2*1-2/h9-14,17-20,29-30H,5-8,15-16,21-28H2,1-4H3,(H,35,39)(H,36,40);2*1H3. The van der Waals surface area contributed by atoms with Gasteiger partial charge in [-0.2, -0.15) is 0 Å². The minimum Gasteiger partial charge on any atom is -0.355 e. The molecule has 0 saturated carbocycles. The summed E-state index contributed by atoms with van der Waals surface area (Å²) in [6.07, 6.45) is 7.43. The van der Waals surface area contributed by atoms with Gasteiger partial charge in [0.1, 0.15) is 0 Å². The minimum absolute atomic E-state index is 0.153. The first-order chi connectivity index (χ1) is 21.3. The lowest BCUT2D eigenvalue weighted by atomic mass is 10.1. The smallest absolute Gasteiger partial charge is 0.220 e. The van der Waals surface area contributed by atoms with E-state index in [1.165, 1.54) is 11.1 Å². The molecule has 2 amide bonds. The Morgan fingerprint density at radius 1 is 0.568 bits per heavy atom. The quantitative estimate of drug-likeness (QED) is 0.0756. The Morgan fingerprint density at radius 2 is 0.886 bits per heavy atom. The van der Waals surface area contributed by atoms with Crippen LogP contribution in [0.25, 0.3) is 0 Å². The number of nitrogens with one attached hydrogen (secondary N) is 2. The summed E-state index contributed by atoms with van der Waals surface area (Å²) in [5.74, 6) is 0.305. The molecule has 0 aliphatic rings. The monoisotopic (exact) mass is 834 g/mol. The van der Waals surface area contributed by atoms with Gasteiger partial charge in [0.2, 0.25) is 11.8 Å². The van der Waals surface area contributed by atoms with Gasteiger partial charge in [0.25, 0.3) is 0 Å². The first-order valence-corrected chi connectivity index (χ1v) is 20.5. The van der Waals surface area contributed by atoms with Crippen LogP contribution >= 0.6 is 45.2 Å². The second-order valence-corrected chi connectivity index (χ2v) is 11.4. The van der Waals surface area contributed by atoms with Crippen LogP contribution in [0.15, 0.2) is 60.7 Å². The number of alkyl halides is 2. The number of hydrogen-bond acceptors (Lipinski definition) is 4. The Hall–Kier alpha value is -1.24. The maximum absolute atomic E-state index is 12.2. The van der Waals surface area contributed by atoms with Crippen LogP contribution in [-0.2, 0) is 22.7 Å². The lowest BCUT2D eigenvalue weighted by Gasteiger charge is -2.26. The molecule has 2 aromatic rings. The van der Waals surface area contributed by atoms with Crippen molar-refractivity contribution in [2.75, 3.05) is 36.0 Å². The predicted molar refractivity (Wildman–Crippen MR) is 207 cm³/mol. The summed E-state index contributed by atoms with van der Waals surface area (Å²) in [4.78, 5) is 33.2. The maximum Gasteiger partial charge on any atom is 0.220 e. The number of halogens is 2. The molecule has 0 radical (unpaired) electrons. The third kappa shape index (κ3) is 22.3. The van der Waals surface area contributed by atoms with E-state index < -0.39 is 0 Å². The average Bonchev–Trinajstić information content (AvgIpc) is 3.04. The van der Waals surface area contributed by atoms with Gasteiger partial charge in [0.05, 0.1) is 0 Å². The fourth-order valence-electron chi connectivity index (χ4n) is 4.81. The third-order valence-electron chi connectivity index (χ3n) is 7.42. The zero-order valence-electron chi connectivity index (χ0n) is 28.3. The first kappa shape index (κ1) is 42.8. The molecule has 0 unspecified atom stereocenters. The van der Waals surface area contributed by atoms with Crippen molar-refractivity contribution in [1.29, 1.82) is 0 Å². The number of rotatable bonds is 21. The molecule has 0 aliphatic heterocycles. The highest BCUT2D eigenvalue weighted by molar-refractivity contribution is 14.1. The highest BCUT2D eigenvalue weighted by Crippen LogP contribution is 2.10. The first-order valence-electron chi connectivity index (χ1n) is 16.2. The molecule has 250 valence electrons. The summed E-state index contributed by atoms with van der Waals surface area (Å²) in [5, 5.41) is 6.18. The van der Waals surface area contributed by atoms with Gasteiger partial charge in [0, 0.05) is 64.2 Å². The van der Waals surface area contributed by atoms with Gasteiger partial charge in [-0.3, -0.25) is 19.4 Å². The summed E-state index contributed by atoms with van der Waals surface area (Å²) < 4.78 is 0. The summed E-state index contributed by atoms with van der Waals surface area (Å²) >= 11 is 4.30. The Kier molecular flexibility index (Phi) is 28.4. The molecule has 0 fully saturated rings. The van der Waals surface area contributed by atoms with Gasteiger partial charge >= 0.3 is 0 Å². The predicted octanol–water partition coefficient (Wildman–Crippen LogP) is 8.26. The van der Waals surface area contributed by atoms with Gasteiger partial charge in [-0.15, -0.1) is 0 Å². The normalized spacial score (nSPS) is 10.7. The summed E-state index contributed by atoms with van der Waals surface area (Å²) in [6, 6.07) is 21.8. The molecule has 2 N–H and O–H groups in total. The zero-order chi connectivity index (χ0) is 33.0. The van der Waals surface area contributed by atoms with Crippen molar-refractivity contribution in [3.05, 3.63) is 71.8 Å². The second-order valence-electron chi connectivity index (χ2n) is 11.4. The lowest BCUT2D eigenvalue weighted by molar-refractivity contribution is -0.122. The second kappa shape index (κ2) is 29.2. The molecule has 0 aliphatic carbocycles. The van der Waals surface area contributed by atoms with E-state index >= 15 is 0 Å². The fourth-order valence-corrected chi connectivity index (χ4v) is 4.81. The zero-order valence-corrected chi connectivity index (χ0v) is 32.6. The molecule has 2 aromatic carbocycles. The molecule has 44 heavy (non-hydrogen) atoms. The summed E-state index contributed by atoms with van der Waals surface area (Å²) in [5.41, 5.74) is 2.60. The molecule has 2 rings (SSSR count). The van der Waals surface area contributed by atoms with Crippen LogP contribution in [0.5, 0.6) is 0 Å².